The van der Waals surface area contributed by atoms with Gasteiger partial charge < -0.3 is 10.1 Å². The van der Waals surface area contributed by atoms with Gasteiger partial charge in [0.05, 0.1) is 6.61 Å². The Balaban J connectivity index is 2.07. The van der Waals surface area contributed by atoms with Gasteiger partial charge in [0.15, 0.2) is 0 Å². The first-order chi connectivity index (χ1) is 8.83. The predicted octanol–water partition coefficient (Wildman–Crippen LogP) is 3.32. The number of methoxy groups -OCH3 is 1. The third-order valence-corrected chi connectivity index (χ3v) is 3.82. The van der Waals surface area contributed by atoms with Gasteiger partial charge in [0.1, 0.15) is 0 Å². The molecule has 0 unspecified atom stereocenters. The van der Waals surface area contributed by atoms with Crippen LogP contribution >= 0.6 is 11.3 Å². The van der Waals surface area contributed by atoms with Crippen molar-refractivity contribution in [2.24, 2.45) is 0 Å². The number of hydrogen-bond donors (Lipinski definition) is 1. The summed E-state index contributed by atoms with van der Waals surface area (Å²) in [5.74, 6) is 0. The highest BCUT2D eigenvalue weighted by Crippen LogP contribution is 2.25. The number of hydrogen-bond acceptors (Lipinski definition) is 3. The molecule has 0 atom stereocenters. The van der Waals surface area contributed by atoms with Crippen molar-refractivity contribution < 1.29 is 4.74 Å². The molecular formula is C15H19NOS. The maximum Gasteiger partial charge on any atom is 0.0502 e. The second-order valence-corrected chi connectivity index (χ2v) is 5.27. The highest BCUT2D eigenvalue weighted by Gasteiger charge is 2.02. The zero-order chi connectivity index (χ0) is 12.8. The van der Waals surface area contributed by atoms with E-state index in [1.807, 2.05) is 7.05 Å². The van der Waals surface area contributed by atoms with E-state index in [1.54, 1.807) is 18.4 Å². The van der Waals surface area contributed by atoms with Gasteiger partial charge in [0.2, 0.25) is 0 Å². The summed E-state index contributed by atoms with van der Waals surface area (Å²) in [5.41, 5.74) is 3.92. The maximum absolute atomic E-state index is 5.09. The molecule has 0 saturated carbocycles. The van der Waals surface area contributed by atoms with Gasteiger partial charge in [0, 0.05) is 18.5 Å². The normalized spacial score (nSPS) is 10.8. The van der Waals surface area contributed by atoms with Gasteiger partial charge in [-0.15, -0.1) is 11.3 Å². The molecule has 0 bridgehead atoms. The summed E-state index contributed by atoms with van der Waals surface area (Å²) in [6, 6.07) is 11.0. The first kappa shape index (κ1) is 13.3. The van der Waals surface area contributed by atoms with E-state index >= 15 is 0 Å². The average Bonchev–Trinajstić information content (AvgIpc) is 2.86. The van der Waals surface area contributed by atoms with Crippen molar-refractivity contribution in [2.75, 3.05) is 20.8 Å². The van der Waals surface area contributed by atoms with Crippen molar-refractivity contribution >= 4 is 11.3 Å². The largest absolute Gasteiger partial charge is 0.384 e. The minimum Gasteiger partial charge on any atom is -0.384 e. The molecule has 96 valence electrons. The van der Waals surface area contributed by atoms with Crippen LogP contribution in [0.25, 0.3) is 11.1 Å². The average molecular weight is 261 g/mol. The van der Waals surface area contributed by atoms with Gasteiger partial charge in [-0.25, -0.2) is 0 Å². The van der Waals surface area contributed by atoms with E-state index in [-0.39, 0.29) is 0 Å². The molecule has 2 rings (SSSR count). The quantitative estimate of drug-likeness (QED) is 0.861. The smallest absolute Gasteiger partial charge is 0.0502 e. The summed E-state index contributed by atoms with van der Waals surface area (Å²) in [6.45, 7) is 1.72. The molecule has 0 fully saturated rings. The number of rotatable bonds is 6. The molecule has 3 heteroatoms. The van der Waals surface area contributed by atoms with E-state index in [9.17, 15) is 0 Å². The van der Waals surface area contributed by atoms with Crippen molar-refractivity contribution in [1.82, 2.24) is 5.32 Å². The zero-order valence-electron chi connectivity index (χ0n) is 10.9. The van der Waals surface area contributed by atoms with E-state index in [2.05, 4.69) is 41.0 Å². The molecule has 0 aliphatic heterocycles. The van der Waals surface area contributed by atoms with Gasteiger partial charge >= 0.3 is 0 Å². The van der Waals surface area contributed by atoms with Gasteiger partial charge in [0.25, 0.3) is 0 Å². The molecule has 0 aliphatic carbocycles. The predicted molar refractivity (Wildman–Crippen MR) is 78.1 cm³/mol. The Bertz CT molecular complexity index is 475. The van der Waals surface area contributed by atoms with Crippen molar-refractivity contribution in [3.05, 3.63) is 46.2 Å². The number of ether oxygens (including phenoxy) is 1. The second kappa shape index (κ2) is 6.69. The molecule has 1 aromatic heterocycles. The Morgan fingerprint density at radius 3 is 2.61 bits per heavy atom. The van der Waals surface area contributed by atoms with Gasteiger partial charge in [-0.2, -0.15) is 0 Å². The number of nitrogens with one attached hydrogen (secondary N) is 1. The van der Waals surface area contributed by atoms with Gasteiger partial charge in [-0.1, -0.05) is 24.3 Å². The lowest BCUT2D eigenvalue weighted by Crippen LogP contribution is -2.02. The standard InChI is InChI=1S/C15H19NOS/c1-16-10-15-9-14(11-18-15)13-5-3-12(4-6-13)7-8-17-2/h3-6,9,11,16H,7-8,10H2,1-2H3. The van der Waals surface area contributed by atoms with Crippen LogP contribution in [0.3, 0.4) is 0 Å². The van der Waals surface area contributed by atoms with Crippen LogP contribution in [-0.2, 0) is 17.7 Å². The minimum atomic E-state index is 0.782. The maximum atomic E-state index is 5.09. The first-order valence-electron chi connectivity index (χ1n) is 6.13. The molecule has 0 saturated heterocycles. The monoisotopic (exact) mass is 261 g/mol. The lowest BCUT2D eigenvalue weighted by atomic mass is 10.1. The van der Waals surface area contributed by atoms with Crippen LogP contribution in [0.15, 0.2) is 35.7 Å². The Kier molecular flexibility index (Phi) is 4.93. The third kappa shape index (κ3) is 3.42. The lowest BCUT2D eigenvalue weighted by Gasteiger charge is -2.02. The van der Waals surface area contributed by atoms with Crippen molar-refractivity contribution in [3.63, 3.8) is 0 Å². The fourth-order valence-corrected chi connectivity index (χ4v) is 2.79. The fourth-order valence-electron chi connectivity index (χ4n) is 1.88. The van der Waals surface area contributed by atoms with E-state index in [4.69, 9.17) is 4.74 Å². The molecule has 18 heavy (non-hydrogen) atoms. The molecule has 1 aromatic carbocycles. The molecule has 0 aliphatic rings. The molecule has 0 amide bonds. The van der Waals surface area contributed by atoms with Crippen molar-refractivity contribution in [3.8, 4) is 11.1 Å². The zero-order valence-corrected chi connectivity index (χ0v) is 11.7. The Morgan fingerprint density at radius 2 is 1.94 bits per heavy atom. The highest BCUT2D eigenvalue weighted by molar-refractivity contribution is 7.10. The molecule has 0 radical (unpaired) electrons. The van der Waals surface area contributed by atoms with Crippen LogP contribution in [0.1, 0.15) is 10.4 Å². The Hall–Kier alpha value is -1.16. The van der Waals surface area contributed by atoms with Crippen LogP contribution in [-0.4, -0.2) is 20.8 Å². The van der Waals surface area contributed by atoms with Crippen LogP contribution in [0.4, 0.5) is 0 Å². The SMILES string of the molecule is CNCc1cc(-c2ccc(CCOC)cc2)cs1. The van der Waals surface area contributed by atoms with Crippen LogP contribution < -0.4 is 5.32 Å². The van der Waals surface area contributed by atoms with Gasteiger partial charge in [-0.05, 0) is 41.6 Å². The molecule has 0 spiro atoms. The Morgan fingerprint density at radius 1 is 1.17 bits per heavy atom. The van der Waals surface area contributed by atoms with Crippen LogP contribution in [0.5, 0.6) is 0 Å². The van der Waals surface area contributed by atoms with E-state index in [0.717, 1.165) is 19.6 Å². The van der Waals surface area contributed by atoms with Crippen LogP contribution in [0, 0.1) is 0 Å². The van der Waals surface area contributed by atoms with E-state index < -0.39 is 0 Å². The molecular weight excluding hydrogens is 242 g/mol. The summed E-state index contributed by atoms with van der Waals surface area (Å²) in [7, 11) is 3.72. The molecule has 1 N–H and O–H groups in total. The molecule has 2 nitrogen and oxygen atoms in total. The first-order valence-corrected chi connectivity index (χ1v) is 7.01. The minimum absolute atomic E-state index is 0.782. The topological polar surface area (TPSA) is 21.3 Å². The van der Waals surface area contributed by atoms with E-state index in [1.165, 1.54) is 21.6 Å². The summed E-state index contributed by atoms with van der Waals surface area (Å²) in [5, 5.41) is 5.40. The number of thiophene rings is 1. The summed E-state index contributed by atoms with van der Waals surface area (Å²) >= 11 is 1.80. The Labute approximate surface area is 113 Å². The summed E-state index contributed by atoms with van der Waals surface area (Å²) in [4.78, 5) is 1.37. The van der Waals surface area contributed by atoms with Gasteiger partial charge in [-0.3, -0.25) is 0 Å². The summed E-state index contributed by atoms with van der Waals surface area (Å²) in [6.07, 6.45) is 0.978. The second-order valence-electron chi connectivity index (χ2n) is 4.27. The fraction of sp³-hybridized carbons (Fsp3) is 0.333. The summed E-state index contributed by atoms with van der Waals surface area (Å²) < 4.78 is 5.09. The molecule has 1 heterocycles. The van der Waals surface area contributed by atoms with Crippen molar-refractivity contribution in [1.29, 1.82) is 0 Å². The third-order valence-electron chi connectivity index (χ3n) is 2.89. The van der Waals surface area contributed by atoms with Crippen molar-refractivity contribution in [2.45, 2.75) is 13.0 Å². The lowest BCUT2D eigenvalue weighted by molar-refractivity contribution is 0.202. The highest BCUT2D eigenvalue weighted by atomic mass is 32.1. The van der Waals surface area contributed by atoms with Crippen LogP contribution in [0.2, 0.25) is 0 Å². The molecule has 2 aromatic rings. The van der Waals surface area contributed by atoms with E-state index in [0.29, 0.717) is 0 Å². The number of benzene rings is 1.